The number of carbonyl (C=O) groups excluding carboxylic acids is 2. The maximum atomic E-state index is 13.0. The Balaban J connectivity index is 1.32. The summed E-state index contributed by atoms with van der Waals surface area (Å²) in [5, 5.41) is 3.82. The third-order valence-corrected chi connectivity index (χ3v) is 7.03. The number of nitrogens with zero attached hydrogens (tertiary/aromatic N) is 2. The van der Waals surface area contributed by atoms with Crippen LogP contribution in [0.25, 0.3) is 0 Å². The van der Waals surface area contributed by atoms with E-state index >= 15 is 0 Å². The fraction of sp³-hybridized carbons (Fsp3) is 0.462. The van der Waals surface area contributed by atoms with E-state index in [-0.39, 0.29) is 23.8 Å². The number of halogens is 1. The molecule has 33 heavy (non-hydrogen) atoms. The van der Waals surface area contributed by atoms with Gasteiger partial charge in [-0.3, -0.25) is 14.5 Å². The number of piperidine rings is 1. The molecule has 0 radical (unpaired) electrons. The molecule has 2 heterocycles. The van der Waals surface area contributed by atoms with Crippen molar-refractivity contribution >= 4 is 23.4 Å². The highest BCUT2D eigenvalue weighted by molar-refractivity contribution is 6.30. The number of benzene rings is 2. The van der Waals surface area contributed by atoms with Crippen LogP contribution in [0.3, 0.4) is 0 Å². The van der Waals surface area contributed by atoms with Gasteiger partial charge in [-0.2, -0.15) is 0 Å². The fourth-order valence-electron chi connectivity index (χ4n) is 4.82. The van der Waals surface area contributed by atoms with E-state index in [1.54, 1.807) is 31.4 Å². The molecule has 2 aliphatic rings. The van der Waals surface area contributed by atoms with Crippen LogP contribution in [-0.4, -0.2) is 61.4 Å². The minimum absolute atomic E-state index is 0.00218. The normalized spacial score (nSPS) is 18.2. The van der Waals surface area contributed by atoms with Crippen LogP contribution in [0.2, 0.25) is 5.02 Å². The van der Waals surface area contributed by atoms with E-state index in [0.717, 1.165) is 18.8 Å². The molecule has 2 saturated heterocycles. The molecule has 0 spiro atoms. The summed E-state index contributed by atoms with van der Waals surface area (Å²) in [4.78, 5) is 30.0. The summed E-state index contributed by atoms with van der Waals surface area (Å²) in [5.74, 6) is 0.850. The standard InChI is InChI=1S/C26H32ClN3O3/c1-33-23-6-4-5-21(17-23)24(29-13-2-3-14-29)18-28-25(31)19-11-15-30(16-12-19)26(32)20-7-9-22(27)10-8-20/h4-10,17,19,24H,2-3,11-16,18H2,1H3,(H,28,31). The van der Waals surface area contributed by atoms with Gasteiger partial charge in [0.1, 0.15) is 5.75 Å². The Hall–Kier alpha value is -2.57. The molecule has 1 N–H and O–H groups in total. The summed E-state index contributed by atoms with van der Waals surface area (Å²) in [6.45, 7) is 3.85. The summed E-state index contributed by atoms with van der Waals surface area (Å²) in [6, 6.07) is 15.2. The van der Waals surface area contributed by atoms with Crippen LogP contribution < -0.4 is 10.1 Å². The lowest BCUT2D eigenvalue weighted by Crippen LogP contribution is -2.44. The Kier molecular flexibility index (Phi) is 7.89. The monoisotopic (exact) mass is 469 g/mol. The Morgan fingerprint density at radius 2 is 1.76 bits per heavy atom. The van der Waals surface area contributed by atoms with Crippen LogP contribution >= 0.6 is 11.6 Å². The molecule has 0 saturated carbocycles. The van der Waals surface area contributed by atoms with E-state index in [9.17, 15) is 9.59 Å². The Bertz CT molecular complexity index is 952. The first-order valence-electron chi connectivity index (χ1n) is 11.8. The quantitative estimate of drug-likeness (QED) is 0.661. The highest BCUT2D eigenvalue weighted by Gasteiger charge is 2.29. The van der Waals surface area contributed by atoms with Gasteiger partial charge in [-0.1, -0.05) is 23.7 Å². The molecule has 0 bridgehead atoms. The number of ether oxygens (including phenoxy) is 1. The SMILES string of the molecule is COc1cccc(C(CNC(=O)C2CCN(C(=O)c3ccc(Cl)cc3)CC2)N2CCCC2)c1. The second-order valence-electron chi connectivity index (χ2n) is 8.85. The first-order chi connectivity index (χ1) is 16.0. The van der Waals surface area contributed by atoms with Crippen molar-refractivity contribution < 1.29 is 14.3 Å². The van der Waals surface area contributed by atoms with Crippen molar-refractivity contribution in [3.05, 3.63) is 64.7 Å². The maximum absolute atomic E-state index is 13.0. The molecular weight excluding hydrogens is 438 g/mol. The molecule has 7 heteroatoms. The van der Waals surface area contributed by atoms with Crippen LogP contribution in [0.5, 0.6) is 5.75 Å². The predicted molar refractivity (Wildman–Crippen MR) is 130 cm³/mol. The largest absolute Gasteiger partial charge is 0.497 e. The predicted octanol–water partition coefficient (Wildman–Crippen LogP) is 4.15. The highest BCUT2D eigenvalue weighted by atomic mass is 35.5. The summed E-state index contributed by atoms with van der Waals surface area (Å²) in [6.07, 6.45) is 3.74. The van der Waals surface area contributed by atoms with Gasteiger partial charge in [-0.15, -0.1) is 0 Å². The van der Waals surface area contributed by atoms with Gasteiger partial charge in [0.05, 0.1) is 13.2 Å². The number of rotatable bonds is 7. The Morgan fingerprint density at radius 1 is 1.06 bits per heavy atom. The van der Waals surface area contributed by atoms with Crippen molar-refractivity contribution in [1.29, 1.82) is 0 Å². The molecule has 176 valence electrons. The molecule has 2 aliphatic heterocycles. The van der Waals surface area contributed by atoms with Gasteiger partial charge < -0.3 is 15.0 Å². The van der Waals surface area contributed by atoms with Crippen molar-refractivity contribution in [3.63, 3.8) is 0 Å². The molecule has 2 fully saturated rings. The van der Waals surface area contributed by atoms with Gasteiger partial charge in [0.15, 0.2) is 0 Å². The number of carbonyl (C=O) groups is 2. The van der Waals surface area contributed by atoms with Crippen molar-refractivity contribution in [2.24, 2.45) is 5.92 Å². The van der Waals surface area contributed by atoms with Gasteiger partial charge >= 0.3 is 0 Å². The van der Waals surface area contributed by atoms with Crippen molar-refractivity contribution in [3.8, 4) is 5.75 Å². The fourth-order valence-corrected chi connectivity index (χ4v) is 4.95. The lowest BCUT2D eigenvalue weighted by atomic mass is 9.95. The van der Waals surface area contributed by atoms with Crippen LogP contribution in [0.1, 0.15) is 47.6 Å². The molecule has 6 nitrogen and oxygen atoms in total. The van der Waals surface area contributed by atoms with E-state index in [0.29, 0.717) is 43.1 Å². The van der Waals surface area contributed by atoms with Gasteiger partial charge in [-0.25, -0.2) is 0 Å². The molecule has 0 aliphatic carbocycles. The van der Waals surface area contributed by atoms with Gasteiger partial charge in [0.2, 0.25) is 5.91 Å². The van der Waals surface area contributed by atoms with E-state index in [1.807, 2.05) is 17.0 Å². The second kappa shape index (κ2) is 11.0. The number of hydrogen-bond acceptors (Lipinski definition) is 4. The summed E-state index contributed by atoms with van der Waals surface area (Å²) in [7, 11) is 1.68. The zero-order valence-electron chi connectivity index (χ0n) is 19.1. The van der Waals surface area contributed by atoms with E-state index in [4.69, 9.17) is 16.3 Å². The van der Waals surface area contributed by atoms with Crippen molar-refractivity contribution in [1.82, 2.24) is 15.1 Å². The number of likely N-dealkylation sites (tertiary alicyclic amines) is 2. The molecule has 4 rings (SSSR count). The summed E-state index contributed by atoms with van der Waals surface area (Å²) >= 11 is 5.93. The van der Waals surface area contributed by atoms with Crippen LogP contribution in [0, 0.1) is 5.92 Å². The smallest absolute Gasteiger partial charge is 0.253 e. The van der Waals surface area contributed by atoms with Gasteiger partial charge in [0.25, 0.3) is 5.91 Å². The number of hydrogen-bond donors (Lipinski definition) is 1. The third kappa shape index (κ3) is 5.87. The van der Waals surface area contributed by atoms with Crippen LogP contribution in [0.15, 0.2) is 48.5 Å². The zero-order valence-corrected chi connectivity index (χ0v) is 19.9. The lowest BCUT2D eigenvalue weighted by Gasteiger charge is -2.33. The number of amides is 2. The van der Waals surface area contributed by atoms with Crippen molar-refractivity contribution in [2.75, 3.05) is 39.8 Å². The minimum atomic E-state index is -0.0659. The first kappa shape index (κ1) is 23.6. The zero-order chi connectivity index (χ0) is 23.2. The average molecular weight is 470 g/mol. The third-order valence-electron chi connectivity index (χ3n) is 6.77. The number of nitrogens with one attached hydrogen (secondary N) is 1. The topological polar surface area (TPSA) is 61.9 Å². The molecule has 0 aromatic heterocycles. The Labute approximate surface area is 200 Å². The van der Waals surface area contributed by atoms with Crippen LogP contribution in [-0.2, 0) is 4.79 Å². The van der Waals surface area contributed by atoms with Crippen molar-refractivity contribution in [2.45, 2.75) is 31.7 Å². The molecule has 2 aromatic rings. The Morgan fingerprint density at radius 3 is 2.42 bits per heavy atom. The summed E-state index contributed by atoms with van der Waals surface area (Å²) in [5.41, 5.74) is 1.80. The molecular formula is C26H32ClN3O3. The molecule has 2 aromatic carbocycles. The van der Waals surface area contributed by atoms with E-state index < -0.39 is 0 Å². The molecule has 1 unspecified atom stereocenters. The lowest BCUT2D eigenvalue weighted by molar-refractivity contribution is -0.126. The molecule has 1 atom stereocenters. The van der Waals surface area contributed by atoms with Gasteiger partial charge in [-0.05, 0) is 80.7 Å². The van der Waals surface area contributed by atoms with Gasteiger partial charge in [0, 0.05) is 36.1 Å². The first-order valence-corrected chi connectivity index (χ1v) is 12.1. The van der Waals surface area contributed by atoms with E-state index in [2.05, 4.69) is 22.3 Å². The number of methoxy groups -OCH3 is 1. The van der Waals surface area contributed by atoms with E-state index in [1.165, 1.54) is 18.4 Å². The second-order valence-corrected chi connectivity index (χ2v) is 9.29. The molecule has 2 amide bonds. The average Bonchev–Trinajstić information content (AvgIpc) is 3.39. The minimum Gasteiger partial charge on any atom is -0.497 e. The summed E-state index contributed by atoms with van der Waals surface area (Å²) < 4.78 is 5.41. The maximum Gasteiger partial charge on any atom is 0.253 e. The highest BCUT2D eigenvalue weighted by Crippen LogP contribution is 2.28. The van der Waals surface area contributed by atoms with Crippen LogP contribution in [0.4, 0.5) is 0 Å².